The van der Waals surface area contributed by atoms with Gasteiger partial charge in [-0.25, -0.2) is 4.39 Å². The number of aliphatic hydroxyl groups is 1. The molecule has 0 spiro atoms. The fourth-order valence-corrected chi connectivity index (χ4v) is 4.22. The van der Waals surface area contributed by atoms with Gasteiger partial charge in [0.05, 0.1) is 30.7 Å². The van der Waals surface area contributed by atoms with Gasteiger partial charge in [0.2, 0.25) is 17.7 Å². The van der Waals surface area contributed by atoms with E-state index in [0.717, 1.165) is 22.2 Å². The van der Waals surface area contributed by atoms with E-state index in [1.54, 1.807) is 30.5 Å². The number of nitrogens with two attached hydrogens (primary N) is 1. The lowest BCUT2D eigenvalue weighted by atomic mass is 10.0. The molecule has 0 bridgehead atoms. The second kappa shape index (κ2) is 10.9. The standard InChI is InChI=1S/C24H24FN9O4/c1-13(30-20(35)10-27-2)31-24(38)19-8-16(25)11-33(19)21(36)12-34-18-4-3-14(15-5-6-28-29-9-15)7-17(18)22(32-34)23(26)37/h3-7,9-10,16,19,35H,2,8,11-12H2,1H3,(H2,26,37)(H,30,31,38)/b20-10+. The number of alkyl halides is 1. The third kappa shape index (κ3) is 5.53. The van der Waals surface area contributed by atoms with E-state index in [9.17, 15) is 23.9 Å². The minimum absolute atomic E-state index is 0.0199. The van der Waals surface area contributed by atoms with Gasteiger partial charge >= 0.3 is 0 Å². The van der Waals surface area contributed by atoms with Crippen molar-refractivity contribution in [1.29, 1.82) is 0 Å². The lowest BCUT2D eigenvalue weighted by Gasteiger charge is -2.23. The Hall–Kier alpha value is -5.01. The molecule has 1 aliphatic rings. The summed E-state index contributed by atoms with van der Waals surface area (Å²) in [6.45, 7) is 3.94. The van der Waals surface area contributed by atoms with Gasteiger partial charge in [-0.2, -0.15) is 20.3 Å². The van der Waals surface area contributed by atoms with Crippen LogP contribution in [0.5, 0.6) is 0 Å². The zero-order valence-corrected chi connectivity index (χ0v) is 20.3. The minimum atomic E-state index is -1.42. The maximum Gasteiger partial charge on any atom is 0.269 e. The maximum absolute atomic E-state index is 14.3. The van der Waals surface area contributed by atoms with Crippen molar-refractivity contribution >= 4 is 41.2 Å². The number of amidine groups is 1. The molecule has 0 radical (unpaired) electrons. The molecule has 3 heterocycles. The third-order valence-corrected chi connectivity index (χ3v) is 5.85. The second-order valence-electron chi connectivity index (χ2n) is 8.48. The van der Waals surface area contributed by atoms with Crippen LogP contribution in [0.25, 0.3) is 22.0 Å². The number of amides is 3. The number of halogens is 1. The number of fused-ring (bicyclic) bond motifs is 1. The molecule has 3 amide bonds. The number of benzene rings is 1. The summed E-state index contributed by atoms with van der Waals surface area (Å²) in [5.41, 5.74) is 7.44. The summed E-state index contributed by atoms with van der Waals surface area (Å²) in [6, 6.07) is 5.79. The number of hydrogen-bond acceptors (Lipinski definition) is 9. The summed E-state index contributed by atoms with van der Waals surface area (Å²) >= 11 is 0. The minimum Gasteiger partial charge on any atom is -0.492 e. The lowest BCUT2D eigenvalue weighted by Crippen LogP contribution is -2.48. The zero-order valence-electron chi connectivity index (χ0n) is 20.3. The van der Waals surface area contributed by atoms with Gasteiger partial charge in [-0.05, 0) is 37.4 Å². The molecule has 14 heteroatoms. The van der Waals surface area contributed by atoms with Crippen molar-refractivity contribution in [3.63, 3.8) is 0 Å². The van der Waals surface area contributed by atoms with Crippen molar-refractivity contribution in [3.8, 4) is 11.1 Å². The Labute approximate surface area is 215 Å². The van der Waals surface area contributed by atoms with Crippen LogP contribution in [0.15, 0.2) is 58.7 Å². The monoisotopic (exact) mass is 521 g/mol. The van der Waals surface area contributed by atoms with Crippen LogP contribution in [0.3, 0.4) is 0 Å². The van der Waals surface area contributed by atoms with Gasteiger partial charge in [0.1, 0.15) is 24.6 Å². The zero-order chi connectivity index (χ0) is 27.4. The Balaban J connectivity index is 1.58. The highest BCUT2D eigenvalue weighted by Crippen LogP contribution is 2.27. The number of nitrogens with one attached hydrogen (secondary N) is 1. The number of nitrogens with zero attached hydrogens (tertiary/aromatic N) is 7. The van der Waals surface area contributed by atoms with Crippen LogP contribution in [0, 0.1) is 0 Å². The highest BCUT2D eigenvalue weighted by molar-refractivity contribution is 6.05. The predicted octanol–water partition coefficient (Wildman–Crippen LogP) is 1.12. The number of likely N-dealkylation sites (tertiary alicyclic amines) is 1. The molecule has 1 fully saturated rings. The van der Waals surface area contributed by atoms with Crippen LogP contribution in [-0.2, 0) is 16.1 Å². The number of carbonyl (C=O) groups is 3. The van der Waals surface area contributed by atoms with Crippen molar-refractivity contribution in [3.05, 3.63) is 54.4 Å². The lowest BCUT2D eigenvalue weighted by molar-refractivity contribution is -0.138. The Morgan fingerprint density at radius 1 is 1.29 bits per heavy atom. The van der Waals surface area contributed by atoms with Gasteiger partial charge in [0.15, 0.2) is 5.69 Å². The molecular formula is C24H24FN9O4. The first-order valence-corrected chi connectivity index (χ1v) is 11.4. The van der Waals surface area contributed by atoms with Crippen LogP contribution >= 0.6 is 0 Å². The Morgan fingerprint density at radius 2 is 2.08 bits per heavy atom. The second-order valence-corrected chi connectivity index (χ2v) is 8.48. The first-order valence-electron chi connectivity index (χ1n) is 11.4. The number of primary amides is 1. The van der Waals surface area contributed by atoms with E-state index >= 15 is 0 Å². The van der Waals surface area contributed by atoms with E-state index in [-0.39, 0.29) is 31.0 Å². The first kappa shape index (κ1) is 26.1. The van der Waals surface area contributed by atoms with E-state index < -0.39 is 35.8 Å². The van der Waals surface area contributed by atoms with E-state index in [0.29, 0.717) is 10.9 Å². The van der Waals surface area contributed by atoms with Crippen molar-refractivity contribution in [2.24, 2.45) is 15.7 Å². The third-order valence-electron chi connectivity index (χ3n) is 5.85. The highest BCUT2D eigenvalue weighted by Gasteiger charge is 2.40. The largest absolute Gasteiger partial charge is 0.492 e. The smallest absolute Gasteiger partial charge is 0.269 e. The molecule has 196 valence electrons. The Kier molecular flexibility index (Phi) is 7.50. The molecule has 1 aromatic carbocycles. The van der Waals surface area contributed by atoms with Gasteiger partial charge < -0.3 is 21.1 Å². The molecule has 4 rings (SSSR count). The molecule has 3 aromatic rings. The topological polar surface area (TPSA) is 181 Å². The first-order chi connectivity index (χ1) is 18.2. The van der Waals surface area contributed by atoms with Crippen LogP contribution < -0.4 is 11.1 Å². The van der Waals surface area contributed by atoms with Crippen LogP contribution in [0.1, 0.15) is 23.8 Å². The molecule has 1 aliphatic heterocycles. The normalized spacial score (nSPS) is 18.0. The van der Waals surface area contributed by atoms with Crippen LogP contribution in [-0.4, -0.2) is 79.0 Å². The number of carbonyl (C=O) groups excluding carboxylic acids is 3. The highest BCUT2D eigenvalue weighted by atomic mass is 19.1. The van der Waals surface area contributed by atoms with Crippen LogP contribution in [0.2, 0.25) is 0 Å². The quantitative estimate of drug-likeness (QED) is 0.237. The van der Waals surface area contributed by atoms with Gasteiger partial charge in [-0.3, -0.25) is 24.1 Å². The maximum atomic E-state index is 14.3. The van der Waals surface area contributed by atoms with Crippen molar-refractivity contribution in [1.82, 2.24) is 30.2 Å². The average molecular weight is 522 g/mol. The number of hydrogen-bond donors (Lipinski definition) is 3. The van der Waals surface area contributed by atoms with E-state index in [1.165, 1.54) is 17.8 Å². The summed E-state index contributed by atoms with van der Waals surface area (Å²) in [5, 5.41) is 24.3. The summed E-state index contributed by atoms with van der Waals surface area (Å²) < 4.78 is 15.6. The van der Waals surface area contributed by atoms with Gasteiger partial charge in [0.25, 0.3) is 5.91 Å². The molecule has 13 nitrogen and oxygen atoms in total. The molecule has 2 aromatic heterocycles. The molecule has 2 unspecified atom stereocenters. The van der Waals surface area contributed by atoms with Gasteiger partial charge in [0, 0.05) is 17.4 Å². The number of aliphatic hydroxyl groups excluding tert-OH is 1. The number of rotatable bonds is 7. The van der Waals surface area contributed by atoms with Crippen LogP contribution in [0.4, 0.5) is 4.39 Å². The summed E-state index contributed by atoms with van der Waals surface area (Å²) in [4.78, 5) is 46.3. The Morgan fingerprint density at radius 3 is 2.76 bits per heavy atom. The molecule has 2 atom stereocenters. The SMILES string of the molecule is C=N/C=C(/O)N=C(C)NC(=O)C1CC(F)CN1C(=O)Cn1nc(C(N)=O)c2cc(-c3ccnnc3)ccc21. The Bertz CT molecular complexity index is 1470. The fourth-order valence-electron chi connectivity index (χ4n) is 4.22. The fraction of sp³-hybridized carbons (Fsp3) is 0.250. The summed E-state index contributed by atoms with van der Waals surface area (Å²) in [7, 11) is 0. The molecule has 38 heavy (non-hydrogen) atoms. The average Bonchev–Trinajstić information content (AvgIpc) is 3.45. The molecule has 0 saturated carbocycles. The molecule has 4 N–H and O–H groups in total. The summed E-state index contributed by atoms with van der Waals surface area (Å²) in [6.07, 6.45) is 2.44. The van der Waals surface area contributed by atoms with Gasteiger partial charge in [-0.1, -0.05) is 6.07 Å². The van der Waals surface area contributed by atoms with Crippen molar-refractivity contribution in [2.45, 2.75) is 32.1 Å². The number of aliphatic imine (C=N–C) groups is 2. The number of aromatic nitrogens is 4. The van der Waals surface area contributed by atoms with Gasteiger partial charge in [-0.15, -0.1) is 0 Å². The van der Waals surface area contributed by atoms with E-state index in [2.05, 4.69) is 37.3 Å². The predicted molar refractivity (Wildman–Crippen MR) is 136 cm³/mol. The van der Waals surface area contributed by atoms with Crippen molar-refractivity contribution < 1.29 is 23.9 Å². The summed E-state index contributed by atoms with van der Waals surface area (Å²) in [5.74, 6) is -2.50. The van der Waals surface area contributed by atoms with Crippen molar-refractivity contribution in [2.75, 3.05) is 6.54 Å². The molecule has 0 aliphatic carbocycles. The van der Waals surface area contributed by atoms with E-state index in [4.69, 9.17) is 5.73 Å². The van der Waals surface area contributed by atoms with E-state index in [1.807, 2.05) is 0 Å². The molecular weight excluding hydrogens is 497 g/mol. The molecule has 1 saturated heterocycles.